The highest BCUT2D eigenvalue weighted by molar-refractivity contribution is 7.15. The molecule has 1 fully saturated rings. The molecular weight excluding hydrogens is 230 g/mol. The molecule has 90 valence electrons. The van der Waals surface area contributed by atoms with Crippen LogP contribution >= 0.6 is 11.3 Å². The Hall–Kier alpha value is -1.13. The van der Waals surface area contributed by atoms with E-state index in [4.69, 9.17) is 0 Å². The summed E-state index contributed by atoms with van der Waals surface area (Å²) in [5, 5.41) is 3.50. The summed E-state index contributed by atoms with van der Waals surface area (Å²) >= 11 is 1.81. The Morgan fingerprint density at radius 3 is 3.12 bits per heavy atom. The zero-order chi connectivity index (χ0) is 11.7. The molecule has 2 N–H and O–H groups in total. The first-order chi connectivity index (χ1) is 8.31. The van der Waals surface area contributed by atoms with Gasteiger partial charge in [0.1, 0.15) is 5.82 Å². The number of nitrogens with one attached hydrogen (secondary N) is 2. The van der Waals surface area contributed by atoms with E-state index in [0.29, 0.717) is 6.04 Å². The minimum absolute atomic E-state index is 0.610. The van der Waals surface area contributed by atoms with Crippen molar-refractivity contribution in [3.8, 4) is 10.6 Å². The van der Waals surface area contributed by atoms with Crippen molar-refractivity contribution in [3.05, 3.63) is 29.0 Å². The Labute approximate surface area is 105 Å². The largest absolute Gasteiger partial charge is 0.341 e. The molecule has 3 rings (SSSR count). The highest BCUT2D eigenvalue weighted by atomic mass is 32.1. The van der Waals surface area contributed by atoms with Crippen LogP contribution < -0.4 is 5.32 Å². The van der Waals surface area contributed by atoms with Crippen LogP contribution in [0.25, 0.3) is 10.6 Å². The van der Waals surface area contributed by atoms with Gasteiger partial charge in [0.15, 0.2) is 0 Å². The molecule has 0 aromatic carbocycles. The van der Waals surface area contributed by atoms with Crippen molar-refractivity contribution < 1.29 is 0 Å². The second-order valence-corrected chi connectivity index (χ2v) is 5.94. The van der Waals surface area contributed by atoms with Crippen LogP contribution in [0.5, 0.6) is 0 Å². The van der Waals surface area contributed by atoms with Gasteiger partial charge in [0.2, 0.25) is 0 Å². The Morgan fingerprint density at radius 2 is 2.41 bits per heavy atom. The van der Waals surface area contributed by atoms with Crippen LogP contribution in [0.15, 0.2) is 18.3 Å². The van der Waals surface area contributed by atoms with Crippen LogP contribution in [0.1, 0.15) is 23.5 Å². The number of thiophene rings is 1. The number of imidazole rings is 1. The fraction of sp³-hybridized carbons (Fsp3) is 0.462. The van der Waals surface area contributed by atoms with E-state index in [9.17, 15) is 0 Å². The number of aromatic amines is 1. The molecule has 3 heterocycles. The monoisotopic (exact) mass is 247 g/mol. The molecule has 1 atom stereocenters. The van der Waals surface area contributed by atoms with E-state index in [1.807, 2.05) is 17.5 Å². The maximum absolute atomic E-state index is 4.48. The molecule has 1 aliphatic rings. The lowest BCUT2D eigenvalue weighted by molar-refractivity contribution is 0.589. The summed E-state index contributed by atoms with van der Waals surface area (Å²) in [4.78, 5) is 10.5. The fourth-order valence-corrected chi connectivity index (χ4v) is 3.17. The zero-order valence-electron chi connectivity index (χ0n) is 9.99. The molecule has 0 bridgehead atoms. The third-order valence-corrected chi connectivity index (χ3v) is 4.27. The van der Waals surface area contributed by atoms with Crippen molar-refractivity contribution in [2.75, 3.05) is 6.54 Å². The van der Waals surface area contributed by atoms with E-state index < -0.39 is 0 Å². The Kier molecular flexibility index (Phi) is 2.99. The summed E-state index contributed by atoms with van der Waals surface area (Å²) in [6.07, 6.45) is 5.54. The molecule has 3 nitrogen and oxygen atoms in total. The lowest BCUT2D eigenvalue weighted by Gasteiger charge is -2.06. The normalized spacial score (nSPS) is 19.9. The van der Waals surface area contributed by atoms with Crippen molar-refractivity contribution in [1.82, 2.24) is 15.3 Å². The van der Waals surface area contributed by atoms with E-state index in [-0.39, 0.29) is 0 Å². The molecular formula is C13H17N3S. The molecule has 0 saturated carbocycles. The molecule has 17 heavy (non-hydrogen) atoms. The van der Waals surface area contributed by atoms with Gasteiger partial charge in [-0.1, -0.05) is 0 Å². The summed E-state index contributed by atoms with van der Waals surface area (Å²) in [5.74, 6) is 1.10. The van der Waals surface area contributed by atoms with Gasteiger partial charge in [-0.15, -0.1) is 11.3 Å². The molecule has 1 unspecified atom stereocenters. The minimum Gasteiger partial charge on any atom is -0.341 e. The Bertz CT molecular complexity index is 494. The number of aryl methyl sites for hydroxylation is 1. The van der Waals surface area contributed by atoms with Gasteiger partial charge in [0.05, 0.1) is 16.8 Å². The SMILES string of the molecule is Cc1ccc(-c2cnc(CC3CCCN3)[nH]2)s1. The maximum atomic E-state index is 4.48. The van der Waals surface area contributed by atoms with Crippen molar-refractivity contribution >= 4 is 11.3 Å². The van der Waals surface area contributed by atoms with Gasteiger partial charge >= 0.3 is 0 Å². The summed E-state index contributed by atoms with van der Waals surface area (Å²) in [6.45, 7) is 3.29. The standard InChI is InChI=1S/C13H17N3S/c1-9-4-5-12(17-9)11-8-15-13(16-11)7-10-3-2-6-14-10/h4-5,8,10,14H,2-3,6-7H2,1H3,(H,15,16). The predicted octanol–water partition coefficient (Wildman–Crippen LogP) is 2.74. The molecule has 0 aliphatic carbocycles. The summed E-state index contributed by atoms with van der Waals surface area (Å²) in [7, 11) is 0. The van der Waals surface area contributed by atoms with E-state index >= 15 is 0 Å². The van der Waals surface area contributed by atoms with Crippen molar-refractivity contribution in [1.29, 1.82) is 0 Å². The molecule has 2 aromatic rings. The van der Waals surface area contributed by atoms with Crippen LogP contribution in [0.3, 0.4) is 0 Å². The molecule has 4 heteroatoms. The molecule has 0 radical (unpaired) electrons. The number of hydrogen-bond donors (Lipinski definition) is 2. The van der Waals surface area contributed by atoms with Gasteiger partial charge in [-0.25, -0.2) is 4.98 Å². The first-order valence-corrected chi connectivity index (χ1v) is 6.97. The van der Waals surface area contributed by atoms with E-state index in [2.05, 4.69) is 34.3 Å². The summed E-state index contributed by atoms with van der Waals surface area (Å²) < 4.78 is 0. The number of nitrogens with zero attached hydrogens (tertiary/aromatic N) is 1. The number of aromatic nitrogens is 2. The van der Waals surface area contributed by atoms with E-state index in [1.54, 1.807) is 0 Å². The van der Waals surface area contributed by atoms with Gasteiger partial charge in [-0.05, 0) is 38.4 Å². The lowest BCUT2D eigenvalue weighted by Crippen LogP contribution is -2.24. The van der Waals surface area contributed by atoms with Crippen LogP contribution in [0, 0.1) is 6.92 Å². The van der Waals surface area contributed by atoms with Crippen molar-refractivity contribution in [2.24, 2.45) is 0 Å². The van der Waals surface area contributed by atoms with Crippen molar-refractivity contribution in [2.45, 2.75) is 32.2 Å². The Balaban J connectivity index is 1.73. The highest BCUT2D eigenvalue weighted by Crippen LogP contribution is 2.26. The van der Waals surface area contributed by atoms with Crippen LogP contribution in [-0.4, -0.2) is 22.6 Å². The van der Waals surface area contributed by atoms with E-state index in [0.717, 1.165) is 24.5 Å². The average Bonchev–Trinajstić information content (AvgIpc) is 2.99. The molecule has 0 spiro atoms. The summed E-state index contributed by atoms with van der Waals surface area (Å²) in [5.41, 5.74) is 1.15. The molecule has 1 aliphatic heterocycles. The number of rotatable bonds is 3. The van der Waals surface area contributed by atoms with Gasteiger partial charge in [0, 0.05) is 17.3 Å². The van der Waals surface area contributed by atoms with Crippen molar-refractivity contribution in [3.63, 3.8) is 0 Å². The maximum Gasteiger partial charge on any atom is 0.108 e. The smallest absolute Gasteiger partial charge is 0.108 e. The van der Waals surface area contributed by atoms with Crippen LogP contribution in [0.4, 0.5) is 0 Å². The summed E-state index contributed by atoms with van der Waals surface area (Å²) in [6, 6.07) is 4.92. The molecule has 1 saturated heterocycles. The first-order valence-electron chi connectivity index (χ1n) is 6.15. The Morgan fingerprint density at radius 1 is 1.47 bits per heavy atom. The second kappa shape index (κ2) is 4.63. The fourth-order valence-electron chi connectivity index (χ4n) is 2.34. The van der Waals surface area contributed by atoms with Gasteiger partial charge in [-0.3, -0.25) is 0 Å². The molecule has 0 amide bonds. The molecule has 2 aromatic heterocycles. The number of H-pyrrole nitrogens is 1. The van der Waals surface area contributed by atoms with E-state index in [1.165, 1.54) is 22.6 Å². The third-order valence-electron chi connectivity index (χ3n) is 3.24. The van der Waals surface area contributed by atoms with Crippen LogP contribution in [0.2, 0.25) is 0 Å². The quantitative estimate of drug-likeness (QED) is 0.875. The first kappa shape index (κ1) is 11.0. The second-order valence-electron chi connectivity index (χ2n) is 4.65. The van der Waals surface area contributed by atoms with Gasteiger partial charge < -0.3 is 10.3 Å². The van der Waals surface area contributed by atoms with Gasteiger partial charge in [0.25, 0.3) is 0 Å². The topological polar surface area (TPSA) is 40.7 Å². The third kappa shape index (κ3) is 2.42. The average molecular weight is 247 g/mol. The zero-order valence-corrected chi connectivity index (χ0v) is 10.8. The van der Waals surface area contributed by atoms with Crippen LogP contribution in [-0.2, 0) is 6.42 Å². The van der Waals surface area contributed by atoms with Gasteiger partial charge in [-0.2, -0.15) is 0 Å². The predicted molar refractivity (Wildman–Crippen MR) is 71.4 cm³/mol. The number of hydrogen-bond acceptors (Lipinski definition) is 3. The minimum atomic E-state index is 0.610. The lowest BCUT2D eigenvalue weighted by atomic mass is 10.1. The highest BCUT2D eigenvalue weighted by Gasteiger charge is 2.16.